The smallest absolute Gasteiger partial charge is 0.118 e. The second kappa shape index (κ2) is 8.65. The summed E-state index contributed by atoms with van der Waals surface area (Å²) in [5.74, 6) is 1.90. The molecule has 0 saturated heterocycles. The zero-order valence-corrected chi connectivity index (χ0v) is 16.7. The molecule has 0 N–H and O–H groups in total. The second-order valence-electron chi connectivity index (χ2n) is 6.87. The topological polar surface area (TPSA) is 34.1 Å². The molecule has 0 amide bonds. The maximum absolute atomic E-state index is 5.31. The van der Waals surface area contributed by atoms with Crippen molar-refractivity contribution in [2.45, 2.75) is 5.92 Å². The third-order valence-electron chi connectivity index (χ3n) is 5.08. The molecule has 29 heavy (non-hydrogen) atoms. The summed E-state index contributed by atoms with van der Waals surface area (Å²) < 4.78 is 10.5. The fourth-order valence-electron chi connectivity index (χ4n) is 3.44. The Labute approximate surface area is 171 Å². The van der Waals surface area contributed by atoms with E-state index in [0.717, 1.165) is 35.0 Å². The van der Waals surface area contributed by atoms with Crippen molar-refractivity contribution >= 4 is 17.5 Å². The number of benzene rings is 3. The van der Waals surface area contributed by atoms with Gasteiger partial charge in [0.1, 0.15) is 11.5 Å². The molecule has 146 valence electrons. The minimum Gasteiger partial charge on any atom is -0.497 e. The molecule has 3 aromatic carbocycles. The summed E-state index contributed by atoms with van der Waals surface area (Å²) in [4.78, 5) is 0. The number of hydrogen-bond donors (Lipinski definition) is 0. The first-order valence-electron chi connectivity index (χ1n) is 9.64. The Morgan fingerprint density at radius 2 is 1.41 bits per heavy atom. The van der Waals surface area contributed by atoms with Crippen LogP contribution in [0.5, 0.6) is 11.5 Å². The van der Waals surface area contributed by atoms with Crippen molar-refractivity contribution in [1.82, 2.24) is 0 Å². The van der Waals surface area contributed by atoms with Crippen molar-refractivity contribution in [2.24, 2.45) is 5.10 Å². The van der Waals surface area contributed by atoms with Crippen LogP contribution in [0.4, 0.5) is 5.69 Å². The van der Waals surface area contributed by atoms with Gasteiger partial charge in [-0.1, -0.05) is 48.5 Å². The van der Waals surface area contributed by atoms with Crippen molar-refractivity contribution in [2.75, 3.05) is 25.8 Å². The Bertz CT molecular complexity index is 993. The van der Waals surface area contributed by atoms with Crippen LogP contribution in [0.25, 0.3) is 6.08 Å². The fraction of sp³-hybridized carbons (Fsp3) is 0.160. The molecule has 0 unspecified atom stereocenters. The summed E-state index contributed by atoms with van der Waals surface area (Å²) in [5, 5.41) is 6.99. The molecule has 3 aromatic rings. The molecule has 0 bridgehead atoms. The van der Waals surface area contributed by atoms with Gasteiger partial charge in [-0.25, -0.2) is 0 Å². The van der Waals surface area contributed by atoms with Gasteiger partial charge in [0.25, 0.3) is 0 Å². The molecule has 0 fully saturated rings. The number of nitrogens with zero attached hydrogens (tertiary/aromatic N) is 2. The average molecular weight is 384 g/mol. The minimum absolute atomic E-state index is 0.190. The summed E-state index contributed by atoms with van der Waals surface area (Å²) in [5.41, 5.74) is 4.47. The molecule has 4 nitrogen and oxygen atoms in total. The quantitative estimate of drug-likeness (QED) is 0.572. The van der Waals surface area contributed by atoms with Crippen LogP contribution in [0.2, 0.25) is 0 Å². The molecule has 1 heterocycles. The lowest BCUT2D eigenvalue weighted by Crippen LogP contribution is -2.17. The van der Waals surface area contributed by atoms with Gasteiger partial charge in [0.05, 0.1) is 32.2 Å². The molecule has 0 aromatic heterocycles. The summed E-state index contributed by atoms with van der Waals surface area (Å²) in [6, 6.07) is 26.5. The van der Waals surface area contributed by atoms with Crippen LogP contribution in [0, 0.1) is 0 Å². The highest BCUT2D eigenvalue weighted by atomic mass is 16.5. The first-order chi connectivity index (χ1) is 14.3. The van der Waals surface area contributed by atoms with Gasteiger partial charge < -0.3 is 9.47 Å². The number of anilines is 1. The summed E-state index contributed by atoms with van der Waals surface area (Å²) in [7, 11) is 3.36. The third kappa shape index (κ3) is 4.32. The van der Waals surface area contributed by atoms with Crippen molar-refractivity contribution in [3.8, 4) is 11.5 Å². The SMILES string of the molecule is COc1ccc(/C=C/C2=NN(c3ccccc3)C[C@@H]2c2ccc(OC)cc2)cc1. The van der Waals surface area contributed by atoms with Crippen molar-refractivity contribution < 1.29 is 9.47 Å². The Balaban J connectivity index is 1.63. The molecular formula is C25H24N2O2. The van der Waals surface area contributed by atoms with Gasteiger partial charge in [0.2, 0.25) is 0 Å². The average Bonchev–Trinajstić information content (AvgIpc) is 3.23. The Kier molecular flexibility index (Phi) is 5.61. The molecule has 1 aliphatic rings. The van der Waals surface area contributed by atoms with Crippen LogP contribution in [-0.2, 0) is 0 Å². The van der Waals surface area contributed by atoms with Gasteiger partial charge in [0.15, 0.2) is 0 Å². The van der Waals surface area contributed by atoms with E-state index in [-0.39, 0.29) is 5.92 Å². The van der Waals surface area contributed by atoms with E-state index in [1.807, 2.05) is 54.6 Å². The van der Waals surface area contributed by atoms with Crippen LogP contribution >= 0.6 is 0 Å². The van der Waals surface area contributed by atoms with Crippen LogP contribution in [0.3, 0.4) is 0 Å². The van der Waals surface area contributed by atoms with E-state index >= 15 is 0 Å². The number of allylic oxidation sites excluding steroid dienone is 1. The first-order valence-corrected chi connectivity index (χ1v) is 9.64. The number of methoxy groups -OCH3 is 2. The van der Waals surface area contributed by atoms with E-state index in [1.54, 1.807) is 14.2 Å². The molecule has 1 aliphatic heterocycles. The van der Waals surface area contributed by atoms with Gasteiger partial charge in [-0.2, -0.15) is 5.10 Å². The normalized spacial score (nSPS) is 16.1. The third-order valence-corrected chi connectivity index (χ3v) is 5.08. The number of hydrogen-bond acceptors (Lipinski definition) is 4. The highest BCUT2D eigenvalue weighted by Crippen LogP contribution is 2.31. The maximum atomic E-state index is 5.31. The molecule has 0 aliphatic carbocycles. The molecule has 1 atom stereocenters. The van der Waals surface area contributed by atoms with Crippen molar-refractivity contribution in [3.63, 3.8) is 0 Å². The van der Waals surface area contributed by atoms with Crippen molar-refractivity contribution in [3.05, 3.63) is 96.1 Å². The van der Waals surface area contributed by atoms with Gasteiger partial charge in [-0.05, 0) is 53.6 Å². The van der Waals surface area contributed by atoms with Crippen LogP contribution in [-0.4, -0.2) is 26.5 Å². The minimum atomic E-state index is 0.190. The molecule has 4 rings (SSSR count). The summed E-state index contributed by atoms with van der Waals surface area (Å²) in [6.45, 7) is 0.804. The Hall–Kier alpha value is -3.53. The van der Waals surface area contributed by atoms with E-state index in [1.165, 1.54) is 5.56 Å². The second-order valence-corrected chi connectivity index (χ2v) is 6.87. The van der Waals surface area contributed by atoms with E-state index in [2.05, 4.69) is 41.4 Å². The van der Waals surface area contributed by atoms with Crippen LogP contribution in [0.15, 0.2) is 90.0 Å². The van der Waals surface area contributed by atoms with Gasteiger partial charge >= 0.3 is 0 Å². The van der Waals surface area contributed by atoms with Gasteiger partial charge in [-0.3, -0.25) is 5.01 Å². The molecular weight excluding hydrogens is 360 g/mol. The van der Waals surface area contributed by atoms with E-state index in [0.29, 0.717) is 0 Å². The zero-order valence-electron chi connectivity index (χ0n) is 16.7. The Morgan fingerprint density at radius 3 is 2.03 bits per heavy atom. The predicted molar refractivity (Wildman–Crippen MR) is 119 cm³/mol. The zero-order chi connectivity index (χ0) is 20.1. The van der Waals surface area contributed by atoms with E-state index in [4.69, 9.17) is 14.6 Å². The summed E-state index contributed by atoms with van der Waals surface area (Å²) >= 11 is 0. The fourth-order valence-corrected chi connectivity index (χ4v) is 3.44. The lowest BCUT2D eigenvalue weighted by atomic mass is 9.94. The Morgan fingerprint density at radius 1 is 0.793 bits per heavy atom. The highest BCUT2D eigenvalue weighted by molar-refractivity contribution is 6.05. The largest absolute Gasteiger partial charge is 0.497 e. The molecule has 0 saturated carbocycles. The standard InChI is InChI=1S/C25H24N2O2/c1-28-22-13-8-19(9-14-22)10-17-25-24(20-11-15-23(29-2)16-12-20)18-27(26-25)21-6-4-3-5-7-21/h3-17,24H,18H2,1-2H3/b17-10+/t24-/m1/s1. The number of para-hydroxylation sites is 1. The van der Waals surface area contributed by atoms with Gasteiger partial charge in [-0.15, -0.1) is 0 Å². The number of ether oxygens (including phenoxy) is 2. The van der Waals surface area contributed by atoms with Crippen molar-refractivity contribution in [1.29, 1.82) is 0 Å². The molecule has 0 spiro atoms. The lowest BCUT2D eigenvalue weighted by Gasteiger charge is -2.16. The van der Waals surface area contributed by atoms with Gasteiger partial charge in [0, 0.05) is 5.92 Å². The van der Waals surface area contributed by atoms with E-state index < -0.39 is 0 Å². The highest BCUT2D eigenvalue weighted by Gasteiger charge is 2.27. The lowest BCUT2D eigenvalue weighted by molar-refractivity contribution is 0.414. The number of hydrazone groups is 1. The molecule has 4 heteroatoms. The van der Waals surface area contributed by atoms with Crippen LogP contribution in [0.1, 0.15) is 17.0 Å². The van der Waals surface area contributed by atoms with E-state index in [9.17, 15) is 0 Å². The van der Waals surface area contributed by atoms with Crippen LogP contribution < -0.4 is 14.5 Å². The summed E-state index contributed by atoms with van der Waals surface area (Å²) in [6.07, 6.45) is 4.21. The molecule has 0 radical (unpaired) electrons. The number of rotatable bonds is 6. The predicted octanol–water partition coefficient (Wildman–Crippen LogP) is 5.38. The first kappa shape index (κ1) is 18.8. The monoisotopic (exact) mass is 384 g/mol. The maximum Gasteiger partial charge on any atom is 0.118 e.